The number of esters is 1. The van der Waals surface area contributed by atoms with Gasteiger partial charge in [-0.3, -0.25) is 9.59 Å². The second-order valence-electron chi connectivity index (χ2n) is 7.34. The molecular formula is C23H25BrFN3O6. The molecule has 0 aliphatic heterocycles. The lowest BCUT2D eigenvalue weighted by Gasteiger charge is -2.20. The maximum Gasteiger partial charge on any atom is 0.343 e. The van der Waals surface area contributed by atoms with Crippen molar-refractivity contribution in [1.82, 2.24) is 10.7 Å². The molecule has 0 spiro atoms. The molecule has 2 N–H and O–H groups in total. The Morgan fingerprint density at radius 3 is 2.41 bits per heavy atom. The van der Waals surface area contributed by atoms with Crippen LogP contribution >= 0.6 is 15.9 Å². The van der Waals surface area contributed by atoms with Crippen molar-refractivity contribution in [3.63, 3.8) is 0 Å². The number of hydrogen-bond acceptors (Lipinski definition) is 7. The van der Waals surface area contributed by atoms with Crippen molar-refractivity contribution in [2.75, 3.05) is 20.8 Å². The molecule has 1 atom stereocenters. The number of ether oxygens (including phenoxy) is 3. The molecule has 9 nitrogen and oxygen atoms in total. The predicted octanol–water partition coefficient (Wildman–Crippen LogP) is 3.05. The van der Waals surface area contributed by atoms with Crippen LogP contribution in [-0.4, -0.2) is 50.9 Å². The van der Waals surface area contributed by atoms with Gasteiger partial charge in [0.15, 0.2) is 18.1 Å². The van der Waals surface area contributed by atoms with E-state index in [4.69, 9.17) is 9.47 Å². The van der Waals surface area contributed by atoms with Crippen molar-refractivity contribution >= 4 is 39.9 Å². The molecule has 1 unspecified atom stereocenters. The molecule has 0 radical (unpaired) electrons. The minimum Gasteiger partial charge on any atom is -0.493 e. The zero-order valence-corrected chi connectivity index (χ0v) is 20.6. The number of amides is 2. The molecule has 11 heteroatoms. The van der Waals surface area contributed by atoms with Crippen LogP contribution in [0.2, 0.25) is 0 Å². The number of nitrogens with zero attached hydrogens (tertiary/aromatic N) is 1. The molecule has 0 aliphatic rings. The van der Waals surface area contributed by atoms with E-state index in [0.29, 0.717) is 21.5 Å². The second-order valence-corrected chi connectivity index (χ2v) is 8.19. The molecule has 2 rings (SSSR count). The fraction of sp³-hybridized carbons (Fsp3) is 0.304. The molecule has 2 aromatic rings. The summed E-state index contributed by atoms with van der Waals surface area (Å²) in [6, 6.07) is 7.39. The minimum absolute atomic E-state index is 0.231. The second kappa shape index (κ2) is 12.7. The lowest BCUT2D eigenvalue weighted by Crippen LogP contribution is -2.48. The SMILES string of the molecule is COC(=O)COc1c(Br)cc(/C=N/NC(=O)C(NC(=O)c2ccc(F)cc2)C(C)C)cc1OC. The van der Waals surface area contributed by atoms with Gasteiger partial charge in [0.1, 0.15) is 11.9 Å². The zero-order chi connectivity index (χ0) is 25.3. The van der Waals surface area contributed by atoms with Crippen molar-refractivity contribution in [3.05, 3.63) is 57.8 Å². The lowest BCUT2D eigenvalue weighted by atomic mass is 10.0. The third-order valence-corrected chi connectivity index (χ3v) is 5.13. The van der Waals surface area contributed by atoms with E-state index in [1.54, 1.807) is 26.0 Å². The molecule has 0 saturated carbocycles. The first kappa shape index (κ1) is 26.8. The summed E-state index contributed by atoms with van der Waals surface area (Å²) in [7, 11) is 2.69. The Bertz CT molecular complexity index is 1060. The van der Waals surface area contributed by atoms with Gasteiger partial charge < -0.3 is 19.5 Å². The summed E-state index contributed by atoms with van der Waals surface area (Å²) in [6.07, 6.45) is 1.38. The summed E-state index contributed by atoms with van der Waals surface area (Å²) in [6.45, 7) is 3.25. The minimum atomic E-state index is -0.870. The standard InChI is InChI=1S/C23H25BrFN3O6/c1-13(2)20(27-22(30)15-5-7-16(25)8-6-15)23(31)28-26-11-14-9-17(24)21(18(10-14)32-3)34-12-19(29)33-4/h5-11,13,20H,12H2,1-4H3,(H,27,30)(H,28,31)/b26-11+. The van der Waals surface area contributed by atoms with Crippen LogP contribution in [0.5, 0.6) is 11.5 Å². The molecule has 0 aromatic heterocycles. The molecule has 2 aromatic carbocycles. The Labute approximate surface area is 204 Å². The number of benzene rings is 2. The average molecular weight is 538 g/mol. The summed E-state index contributed by atoms with van der Waals surface area (Å²) >= 11 is 3.35. The Morgan fingerprint density at radius 2 is 1.82 bits per heavy atom. The highest BCUT2D eigenvalue weighted by Gasteiger charge is 2.24. The molecule has 0 fully saturated rings. The van der Waals surface area contributed by atoms with Crippen LogP contribution in [0.4, 0.5) is 4.39 Å². The summed E-state index contributed by atoms with van der Waals surface area (Å²) < 4.78 is 28.8. The third-order valence-electron chi connectivity index (χ3n) is 4.54. The quantitative estimate of drug-likeness (QED) is 0.273. The number of hydrazone groups is 1. The Kier molecular flexibility index (Phi) is 9.99. The molecule has 2 amide bonds. The van der Waals surface area contributed by atoms with Crippen molar-refractivity contribution in [1.29, 1.82) is 0 Å². The van der Waals surface area contributed by atoms with Crippen LogP contribution in [0.25, 0.3) is 0 Å². The van der Waals surface area contributed by atoms with Crippen molar-refractivity contribution < 1.29 is 33.0 Å². The average Bonchev–Trinajstić information content (AvgIpc) is 2.81. The normalized spacial score (nSPS) is 11.7. The predicted molar refractivity (Wildman–Crippen MR) is 126 cm³/mol. The van der Waals surface area contributed by atoms with Crippen LogP contribution in [-0.2, 0) is 14.3 Å². The van der Waals surface area contributed by atoms with Gasteiger partial charge in [-0.25, -0.2) is 14.6 Å². The summed E-state index contributed by atoms with van der Waals surface area (Å²) in [5.74, 6) is -1.64. The number of carbonyl (C=O) groups excluding carboxylic acids is 3. The molecular weight excluding hydrogens is 513 g/mol. The van der Waals surface area contributed by atoms with Gasteiger partial charge in [-0.15, -0.1) is 0 Å². The Morgan fingerprint density at radius 1 is 1.15 bits per heavy atom. The van der Waals surface area contributed by atoms with Crippen LogP contribution in [0, 0.1) is 11.7 Å². The highest BCUT2D eigenvalue weighted by molar-refractivity contribution is 9.10. The van der Waals surface area contributed by atoms with E-state index in [9.17, 15) is 18.8 Å². The summed E-state index contributed by atoms with van der Waals surface area (Å²) in [5.41, 5.74) is 3.20. The molecule has 0 bridgehead atoms. The van der Waals surface area contributed by atoms with Gasteiger partial charge in [0.2, 0.25) is 0 Å². The third kappa shape index (κ3) is 7.55. The smallest absolute Gasteiger partial charge is 0.343 e. The van der Waals surface area contributed by atoms with E-state index in [1.165, 1.54) is 44.7 Å². The van der Waals surface area contributed by atoms with Crippen molar-refractivity contribution in [2.45, 2.75) is 19.9 Å². The molecule has 34 heavy (non-hydrogen) atoms. The Hall–Kier alpha value is -3.47. The van der Waals surface area contributed by atoms with Gasteiger partial charge in [-0.2, -0.15) is 5.10 Å². The maximum absolute atomic E-state index is 13.1. The van der Waals surface area contributed by atoms with E-state index in [-0.39, 0.29) is 18.1 Å². The van der Waals surface area contributed by atoms with Gasteiger partial charge >= 0.3 is 5.97 Å². The number of halogens is 2. The van der Waals surface area contributed by atoms with Gasteiger partial charge in [0, 0.05) is 5.56 Å². The fourth-order valence-electron chi connectivity index (χ4n) is 2.75. The largest absolute Gasteiger partial charge is 0.493 e. The number of carbonyl (C=O) groups is 3. The van der Waals surface area contributed by atoms with E-state index in [0.717, 1.165) is 0 Å². The van der Waals surface area contributed by atoms with E-state index in [2.05, 4.69) is 36.5 Å². The number of hydrogen-bond donors (Lipinski definition) is 2. The number of nitrogens with one attached hydrogen (secondary N) is 2. The topological polar surface area (TPSA) is 115 Å². The first-order valence-corrected chi connectivity index (χ1v) is 10.9. The lowest BCUT2D eigenvalue weighted by molar-refractivity contribution is -0.143. The highest BCUT2D eigenvalue weighted by Crippen LogP contribution is 2.36. The first-order valence-electron chi connectivity index (χ1n) is 10.1. The number of rotatable bonds is 10. The van der Waals surface area contributed by atoms with Crippen LogP contribution < -0.4 is 20.2 Å². The summed E-state index contributed by atoms with van der Waals surface area (Å²) in [4.78, 5) is 36.4. The van der Waals surface area contributed by atoms with Gasteiger partial charge in [-0.1, -0.05) is 13.8 Å². The van der Waals surface area contributed by atoms with Crippen LogP contribution in [0.1, 0.15) is 29.8 Å². The van der Waals surface area contributed by atoms with Crippen molar-refractivity contribution in [2.24, 2.45) is 11.0 Å². The van der Waals surface area contributed by atoms with Gasteiger partial charge in [-0.05, 0) is 63.8 Å². The van der Waals surface area contributed by atoms with Gasteiger partial charge in [0.05, 0.1) is 24.9 Å². The first-order chi connectivity index (χ1) is 16.2. The molecule has 0 aliphatic carbocycles. The highest BCUT2D eigenvalue weighted by atomic mass is 79.9. The molecule has 182 valence electrons. The maximum atomic E-state index is 13.1. The van der Waals surface area contributed by atoms with Crippen LogP contribution in [0.3, 0.4) is 0 Å². The molecule has 0 saturated heterocycles. The van der Waals surface area contributed by atoms with Gasteiger partial charge in [0.25, 0.3) is 11.8 Å². The summed E-state index contributed by atoms with van der Waals surface area (Å²) in [5, 5.41) is 6.59. The van der Waals surface area contributed by atoms with E-state index < -0.39 is 29.6 Å². The number of methoxy groups -OCH3 is 2. The Balaban J connectivity index is 2.07. The monoisotopic (exact) mass is 537 g/mol. The van der Waals surface area contributed by atoms with Crippen molar-refractivity contribution in [3.8, 4) is 11.5 Å². The van der Waals surface area contributed by atoms with E-state index >= 15 is 0 Å². The fourth-order valence-corrected chi connectivity index (χ4v) is 3.32. The molecule has 0 heterocycles. The zero-order valence-electron chi connectivity index (χ0n) is 19.1. The van der Waals surface area contributed by atoms with E-state index in [1.807, 2.05) is 0 Å². The van der Waals surface area contributed by atoms with Crippen LogP contribution in [0.15, 0.2) is 46.0 Å².